The second kappa shape index (κ2) is 3.14. The van der Waals surface area contributed by atoms with E-state index in [4.69, 9.17) is 0 Å². The summed E-state index contributed by atoms with van der Waals surface area (Å²) in [5.41, 5.74) is -0.0422. The molecule has 0 aliphatic carbocycles. The van der Waals surface area contributed by atoms with Crippen molar-refractivity contribution >= 4 is 28.1 Å². The average molecular weight is 233 g/mol. The molecule has 0 spiro atoms. The first-order valence-electron chi connectivity index (χ1n) is 3.11. The largest absolute Gasteiger partial charge is 0.347 e. The van der Waals surface area contributed by atoms with Crippen molar-refractivity contribution < 1.29 is 9.72 Å². The third-order valence-electron chi connectivity index (χ3n) is 1.50. The minimum absolute atomic E-state index is 0.310. The molecule has 0 saturated carbocycles. The first kappa shape index (κ1) is 9.05. The van der Waals surface area contributed by atoms with E-state index in [1.54, 1.807) is 0 Å². The van der Waals surface area contributed by atoms with E-state index in [0.717, 1.165) is 0 Å². The van der Waals surface area contributed by atoms with E-state index in [1.807, 2.05) is 0 Å². The molecule has 1 atom stereocenters. The number of aliphatic imine (C=N–C) groups is 1. The van der Waals surface area contributed by atoms with Gasteiger partial charge in [0.1, 0.15) is 0 Å². The Morgan fingerprint density at radius 2 is 2.33 bits per heavy atom. The second-order valence-corrected chi connectivity index (χ2v) is 3.26. The smallest absolute Gasteiger partial charge is 0.260 e. The van der Waals surface area contributed by atoms with Gasteiger partial charge in [-0.2, -0.15) is 0 Å². The zero-order chi connectivity index (χ0) is 9.30. The van der Waals surface area contributed by atoms with E-state index in [2.05, 4.69) is 20.9 Å². The highest BCUT2D eigenvalue weighted by Gasteiger charge is 2.30. The molecule has 0 fully saturated rings. The van der Waals surface area contributed by atoms with Gasteiger partial charge in [0, 0.05) is 11.8 Å². The number of carbonyl (C=O) groups is 1. The number of amides is 1. The van der Waals surface area contributed by atoms with Gasteiger partial charge in [-0.1, -0.05) is 15.9 Å². The van der Waals surface area contributed by atoms with Crippen LogP contribution in [0.1, 0.15) is 6.92 Å². The maximum Gasteiger partial charge on any atom is 0.347 e. The summed E-state index contributed by atoms with van der Waals surface area (Å²) in [5.74, 6) is -0.784. The molecule has 1 unspecified atom stereocenters. The van der Waals surface area contributed by atoms with Gasteiger partial charge < -0.3 is 0 Å². The molecule has 0 aromatic carbocycles. The molecule has 0 aromatic heterocycles. The lowest BCUT2D eigenvalue weighted by Gasteiger charge is -2.08. The number of alkyl halides is 1. The van der Waals surface area contributed by atoms with E-state index in [9.17, 15) is 14.9 Å². The molecule has 12 heavy (non-hydrogen) atoms. The highest BCUT2D eigenvalue weighted by atomic mass is 79.9. The standard InChI is InChI=1S/C6H5BrN2O3/c1-3-4(7)2-8-6(10)5(3)9(11)12/h2,4H,1H3. The van der Waals surface area contributed by atoms with Crippen molar-refractivity contribution in [3.63, 3.8) is 0 Å². The molecule has 64 valence electrons. The molecule has 0 bridgehead atoms. The average Bonchev–Trinajstić information content (AvgIpc) is 1.97. The number of dihydropyridines is 1. The quantitative estimate of drug-likeness (QED) is 0.384. The molecule has 1 heterocycles. The van der Waals surface area contributed by atoms with Gasteiger partial charge in [-0.05, 0) is 6.92 Å². The third-order valence-corrected chi connectivity index (χ3v) is 2.42. The minimum atomic E-state index is -0.784. The fraction of sp³-hybridized carbons (Fsp3) is 0.333. The predicted octanol–water partition coefficient (Wildman–Crippen LogP) is 0.912. The zero-order valence-corrected chi connectivity index (χ0v) is 7.74. The van der Waals surface area contributed by atoms with Crippen LogP contribution in [0.25, 0.3) is 0 Å². The van der Waals surface area contributed by atoms with Crippen molar-refractivity contribution in [2.45, 2.75) is 11.8 Å². The van der Waals surface area contributed by atoms with Crippen LogP contribution in [-0.4, -0.2) is 21.9 Å². The van der Waals surface area contributed by atoms with Crippen molar-refractivity contribution in [2.75, 3.05) is 0 Å². The SMILES string of the molecule is CC1=C([N+](=O)[O-])C(=O)N=CC1Br. The molecule has 0 N–H and O–H groups in total. The van der Waals surface area contributed by atoms with Gasteiger partial charge >= 0.3 is 11.6 Å². The molecule has 5 nitrogen and oxygen atoms in total. The first-order chi connectivity index (χ1) is 5.54. The molecule has 0 aromatic rings. The molecule has 6 heteroatoms. The Hall–Kier alpha value is -1.04. The van der Waals surface area contributed by atoms with Gasteiger partial charge in [0.15, 0.2) is 0 Å². The maximum atomic E-state index is 10.9. The molecule has 0 saturated heterocycles. The third kappa shape index (κ3) is 1.42. The summed E-state index contributed by atoms with van der Waals surface area (Å²) in [7, 11) is 0. The van der Waals surface area contributed by atoms with Crippen LogP contribution in [-0.2, 0) is 4.79 Å². The lowest BCUT2D eigenvalue weighted by molar-refractivity contribution is -0.420. The van der Waals surface area contributed by atoms with Crippen LogP contribution in [0.4, 0.5) is 0 Å². The van der Waals surface area contributed by atoms with Crippen LogP contribution in [0.2, 0.25) is 0 Å². The number of nitrogens with zero attached hydrogens (tertiary/aromatic N) is 2. The van der Waals surface area contributed by atoms with Crippen LogP contribution in [0.3, 0.4) is 0 Å². The van der Waals surface area contributed by atoms with Crippen LogP contribution < -0.4 is 0 Å². The summed E-state index contributed by atoms with van der Waals surface area (Å²) in [6, 6.07) is 0. The Morgan fingerprint density at radius 3 is 2.75 bits per heavy atom. The van der Waals surface area contributed by atoms with Gasteiger partial charge in [0.2, 0.25) is 0 Å². The van der Waals surface area contributed by atoms with Crippen molar-refractivity contribution in [1.82, 2.24) is 0 Å². The van der Waals surface area contributed by atoms with E-state index >= 15 is 0 Å². The summed E-state index contributed by atoms with van der Waals surface area (Å²) in [6.07, 6.45) is 1.34. The number of hydrogen-bond donors (Lipinski definition) is 0. The number of rotatable bonds is 1. The molecule has 1 aliphatic heterocycles. The summed E-state index contributed by atoms with van der Waals surface area (Å²) < 4.78 is 0. The topological polar surface area (TPSA) is 72.6 Å². The molecule has 1 amide bonds. The van der Waals surface area contributed by atoms with Crippen LogP contribution in [0, 0.1) is 10.1 Å². The normalized spacial score (nSPS) is 23.2. The lowest BCUT2D eigenvalue weighted by atomic mass is 10.1. The summed E-state index contributed by atoms with van der Waals surface area (Å²) in [5, 5.41) is 10.4. The second-order valence-electron chi connectivity index (χ2n) is 2.27. The van der Waals surface area contributed by atoms with Gasteiger partial charge in [-0.3, -0.25) is 14.9 Å². The summed E-state index contributed by atoms with van der Waals surface area (Å²) in [6.45, 7) is 1.53. The van der Waals surface area contributed by atoms with Crippen molar-refractivity contribution in [3.8, 4) is 0 Å². The number of carbonyl (C=O) groups excluding carboxylic acids is 1. The Bertz CT molecular complexity index is 308. The van der Waals surface area contributed by atoms with E-state index in [0.29, 0.717) is 5.57 Å². The van der Waals surface area contributed by atoms with Crippen LogP contribution >= 0.6 is 15.9 Å². The fourth-order valence-corrected chi connectivity index (χ4v) is 1.16. The predicted molar refractivity (Wildman–Crippen MR) is 45.9 cm³/mol. The zero-order valence-electron chi connectivity index (χ0n) is 6.15. The van der Waals surface area contributed by atoms with Crippen LogP contribution in [0.15, 0.2) is 16.3 Å². The molecule has 0 radical (unpaired) electrons. The molecule has 1 aliphatic rings. The maximum absolute atomic E-state index is 10.9. The lowest BCUT2D eigenvalue weighted by Crippen LogP contribution is -2.21. The first-order valence-corrected chi connectivity index (χ1v) is 4.03. The monoisotopic (exact) mass is 232 g/mol. The van der Waals surface area contributed by atoms with Crippen molar-refractivity contribution in [1.29, 1.82) is 0 Å². The number of allylic oxidation sites excluding steroid dienone is 1. The van der Waals surface area contributed by atoms with Gasteiger partial charge in [-0.25, -0.2) is 4.99 Å². The summed E-state index contributed by atoms with van der Waals surface area (Å²) >= 11 is 3.13. The van der Waals surface area contributed by atoms with Gasteiger partial charge in [-0.15, -0.1) is 0 Å². The van der Waals surface area contributed by atoms with E-state index in [-0.39, 0.29) is 4.83 Å². The van der Waals surface area contributed by atoms with Gasteiger partial charge in [0.05, 0.1) is 9.75 Å². The van der Waals surface area contributed by atoms with Gasteiger partial charge in [0.25, 0.3) is 0 Å². The molecular weight excluding hydrogens is 228 g/mol. The van der Waals surface area contributed by atoms with Crippen molar-refractivity contribution in [2.24, 2.45) is 4.99 Å². The fourth-order valence-electron chi connectivity index (χ4n) is 0.827. The Kier molecular flexibility index (Phi) is 2.37. The molecule has 1 rings (SSSR count). The number of halogens is 1. The minimum Gasteiger partial charge on any atom is -0.260 e. The highest BCUT2D eigenvalue weighted by molar-refractivity contribution is 9.10. The Morgan fingerprint density at radius 1 is 1.75 bits per heavy atom. The van der Waals surface area contributed by atoms with E-state index in [1.165, 1.54) is 13.1 Å². The number of hydrogen-bond acceptors (Lipinski definition) is 3. The van der Waals surface area contributed by atoms with Crippen LogP contribution in [0.5, 0.6) is 0 Å². The highest BCUT2D eigenvalue weighted by Crippen LogP contribution is 2.19. The Labute approximate surface area is 76.4 Å². The van der Waals surface area contributed by atoms with Crippen molar-refractivity contribution in [3.05, 3.63) is 21.4 Å². The van der Waals surface area contributed by atoms with E-state index < -0.39 is 16.5 Å². The summed E-state index contributed by atoms with van der Waals surface area (Å²) in [4.78, 5) is 23.6. The number of nitro groups is 1. The molecular formula is C6H5BrN2O3. The Balaban J connectivity index is 3.15.